The van der Waals surface area contributed by atoms with E-state index in [4.69, 9.17) is 27.0 Å². The van der Waals surface area contributed by atoms with Crippen LogP contribution >= 0.6 is 22.3 Å². The van der Waals surface area contributed by atoms with Crippen LogP contribution in [0.3, 0.4) is 0 Å². The number of hydrogen-bond donors (Lipinski definition) is 0. The van der Waals surface area contributed by atoms with Gasteiger partial charge < -0.3 is 4.74 Å². The van der Waals surface area contributed by atoms with E-state index in [1.807, 2.05) is 0 Å². The summed E-state index contributed by atoms with van der Waals surface area (Å²) in [5.74, 6) is -0.120. The van der Waals surface area contributed by atoms with Crippen molar-refractivity contribution in [2.24, 2.45) is 0 Å². The molecule has 0 bridgehead atoms. The van der Waals surface area contributed by atoms with E-state index in [2.05, 4.69) is 6.58 Å². The molecular weight excluding hydrogens is 305 g/mol. The minimum atomic E-state index is -4.04. The number of nitro benzene ring substituents is 1. The number of rotatable bonds is 5. The van der Waals surface area contributed by atoms with Crippen LogP contribution in [0.4, 0.5) is 5.69 Å². The molecule has 0 heterocycles. The molecule has 0 aliphatic carbocycles. The standard InChI is InChI=1S/C9H7Cl2NO5S/c1-6(10)5-17-9-3-2-7(18(11,15)16)4-8(9)12(13)14/h2-4H,1,5H2. The van der Waals surface area contributed by atoms with Gasteiger partial charge in [0, 0.05) is 21.8 Å². The molecule has 0 spiro atoms. The van der Waals surface area contributed by atoms with Crippen molar-refractivity contribution >= 4 is 37.0 Å². The van der Waals surface area contributed by atoms with E-state index >= 15 is 0 Å². The van der Waals surface area contributed by atoms with Gasteiger partial charge in [-0.3, -0.25) is 10.1 Å². The number of nitrogens with zero attached hydrogens (tertiary/aromatic N) is 1. The molecule has 1 rings (SSSR count). The summed E-state index contributed by atoms with van der Waals surface area (Å²) in [5.41, 5.74) is -0.519. The first-order chi connectivity index (χ1) is 8.21. The van der Waals surface area contributed by atoms with Crippen molar-refractivity contribution in [3.8, 4) is 5.75 Å². The Morgan fingerprint density at radius 3 is 2.56 bits per heavy atom. The average Bonchev–Trinajstić information content (AvgIpc) is 2.24. The molecule has 0 aromatic heterocycles. The maximum Gasteiger partial charge on any atom is 0.312 e. The fraction of sp³-hybridized carbons (Fsp3) is 0.111. The van der Waals surface area contributed by atoms with Gasteiger partial charge in [-0.15, -0.1) is 0 Å². The molecule has 6 nitrogen and oxygen atoms in total. The van der Waals surface area contributed by atoms with E-state index in [0.717, 1.165) is 18.2 Å². The van der Waals surface area contributed by atoms with Gasteiger partial charge in [0.2, 0.25) is 0 Å². The predicted molar refractivity (Wildman–Crippen MR) is 66.6 cm³/mol. The van der Waals surface area contributed by atoms with Crippen molar-refractivity contribution < 1.29 is 18.1 Å². The van der Waals surface area contributed by atoms with Crippen LogP contribution in [0.1, 0.15) is 0 Å². The third-order valence-electron chi connectivity index (χ3n) is 1.79. The fourth-order valence-electron chi connectivity index (χ4n) is 1.07. The highest BCUT2D eigenvalue weighted by atomic mass is 35.7. The maximum atomic E-state index is 11.1. The zero-order valence-electron chi connectivity index (χ0n) is 8.80. The van der Waals surface area contributed by atoms with Crippen LogP contribution in [0.25, 0.3) is 0 Å². The van der Waals surface area contributed by atoms with Gasteiger partial charge in [-0.1, -0.05) is 18.2 Å². The van der Waals surface area contributed by atoms with E-state index in [-0.39, 0.29) is 22.3 Å². The summed E-state index contributed by atoms with van der Waals surface area (Å²) >= 11 is 5.46. The Labute approximate surface area is 112 Å². The quantitative estimate of drug-likeness (QED) is 0.474. The zero-order chi connectivity index (χ0) is 13.9. The van der Waals surface area contributed by atoms with Gasteiger partial charge in [0.05, 0.1) is 9.82 Å². The summed E-state index contributed by atoms with van der Waals surface area (Å²) in [4.78, 5) is 9.62. The van der Waals surface area contributed by atoms with E-state index < -0.39 is 19.7 Å². The minimum Gasteiger partial charge on any atom is -0.481 e. The number of halogens is 2. The topological polar surface area (TPSA) is 86.5 Å². The Hall–Kier alpha value is -1.31. The summed E-state index contributed by atoms with van der Waals surface area (Å²) < 4.78 is 27.1. The number of ether oxygens (including phenoxy) is 1. The van der Waals surface area contributed by atoms with E-state index in [1.54, 1.807) is 0 Å². The van der Waals surface area contributed by atoms with Gasteiger partial charge in [0.25, 0.3) is 9.05 Å². The van der Waals surface area contributed by atoms with Crippen LogP contribution in [-0.4, -0.2) is 19.9 Å². The second-order valence-electron chi connectivity index (χ2n) is 3.13. The lowest BCUT2D eigenvalue weighted by molar-refractivity contribution is -0.386. The van der Waals surface area contributed by atoms with Crippen molar-refractivity contribution in [2.45, 2.75) is 4.90 Å². The van der Waals surface area contributed by atoms with Crippen molar-refractivity contribution in [1.82, 2.24) is 0 Å². The maximum absolute atomic E-state index is 11.1. The second kappa shape index (κ2) is 5.55. The number of benzene rings is 1. The molecule has 9 heteroatoms. The van der Waals surface area contributed by atoms with Gasteiger partial charge in [0.15, 0.2) is 5.75 Å². The Morgan fingerprint density at radius 1 is 1.50 bits per heavy atom. The molecule has 0 aliphatic heterocycles. The lowest BCUT2D eigenvalue weighted by Gasteiger charge is -2.06. The third kappa shape index (κ3) is 3.86. The molecular formula is C9H7Cl2NO5S. The molecule has 0 fully saturated rings. The van der Waals surface area contributed by atoms with Crippen molar-refractivity contribution in [3.63, 3.8) is 0 Å². The van der Waals surface area contributed by atoms with Crippen LogP contribution in [0, 0.1) is 10.1 Å². The Morgan fingerprint density at radius 2 is 2.11 bits per heavy atom. The average molecular weight is 312 g/mol. The highest BCUT2D eigenvalue weighted by Crippen LogP contribution is 2.31. The lowest BCUT2D eigenvalue weighted by Crippen LogP contribution is -2.01. The van der Waals surface area contributed by atoms with Crippen LogP contribution in [0.2, 0.25) is 0 Å². The molecule has 0 N–H and O–H groups in total. The van der Waals surface area contributed by atoms with E-state index in [9.17, 15) is 18.5 Å². The molecule has 1 aromatic rings. The normalized spacial score (nSPS) is 11.0. The summed E-state index contributed by atoms with van der Waals surface area (Å²) in [6, 6.07) is 3.05. The molecule has 0 amide bonds. The van der Waals surface area contributed by atoms with Crippen molar-refractivity contribution in [3.05, 3.63) is 39.9 Å². The van der Waals surface area contributed by atoms with Gasteiger partial charge >= 0.3 is 5.69 Å². The first-order valence-electron chi connectivity index (χ1n) is 4.41. The molecule has 18 heavy (non-hydrogen) atoms. The highest BCUT2D eigenvalue weighted by molar-refractivity contribution is 8.13. The summed E-state index contributed by atoms with van der Waals surface area (Å²) in [6.45, 7) is 3.23. The molecule has 0 aliphatic rings. The monoisotopic (exact) mass is 311 g/mol. The Kier molecular flexibility index (Phi) is 4.55. The van der Waals surface area contributed by atoms with Crippen molar-refractivity contribution in [2.75, 3.05) is 6.61 Å². The zero-order valence-corrected chi connectivity index (χ0v) is 11.1. The number of nitro groups is 1. The largest absolute Gasteiger partial charge is 0.481 e. The third-order valence-corrected chi connectivity index (χ3v) is 3.25. The summed E-state index contributed by atoms with van der Waals surface area (Å²) in [7, 11) is 1.05. The first-order valence-corrected chi connectivity index (χ1v) is 7.09. The predicted octanol–water partition coefficient (Wildman–Crippen LogP) is 2.65. The fourth-order valence-corrected chi connectivity index (χ4v) is 1.90. The van der Waals surface area contributed by atoms with Gasteiger partial charge in [-0.2, -0.15) is 0 Å². The molecule has 0 unspecified atom stereocenters. The van der Waals surface area contributed by atoms with E-state index in [1.165, 1.54) is 0 Å². The SMILES string of the molecule is C=C(Cl)COc1ccc(S(=O)(=O)Cl)cc1[N+](=O)[O-]. The van der Waals surface area contributed by atoms with Crippen LogP contribution < -0.4 is 4.74 Å². The van der Waals surface area contributed by atoms with Gasteiger partial charge in [0.1, 0.15) is 6.61 Å². The molecule has 1 aromatic carbocycles. The highest BCUT2D eigenvalue weighted by Gasteiger charge is 2.20. The molecule has 98 valence electrons. The second-order valence-corrected chi connectivity index (χ2v) is 6.23. The molecule has 0 saturated heterocycles. The summed E-state index contributed by atoms with van der Waals surface area (Å²) in [6.07, 6.45) is 0. The first kappa shape index (κ1) is 14.7. The van der Waals surface area contributed by atoms with Gasteiger partial charge in [-0.25, -0.2) is 8.42 Å². The van der Waals surface area contributed by atoms with E-state index in [0.29, 0.717) is 0 Å². The molecule has 0 saturated carbocycles. The summed E-state index contributed by atoms with van der Waals surface area (Å²) in [5, 5.41) is 10.9. The minimum absolute atomic E-state index is 0.120. The Balaban J connectivity index is 3.21. The van der Waals surface area contributed by atoms with Crippen LogP contribution in [0.15, 0.2) is 34.7 Å². The molecule has 0 radical (unpaired) electrons. The van der Waals surface area contributed by atoms with Crippen LogP contribution in [-0.2, 0) is 9.05 Å². The van der Waals surface area contributed by atoms with Gasteiger partial charge in [-0.05, 0) is 12.1 Å². The molecule has 0 atom stereocenters. The van der Waals surface area contributed by atoms with Crippen LogP contribution in [0.5, 0.6) is 5.75 Å². The Bertz CT molecular complexity index is 599. The number of hydrogen-bond acceptors (Lipinski definition) is 5. The lowest BCUT2D eigenvalue weighted by atomic mass is 10.3. The smallest absolute Gasteiger partial charge is 0.312 e. The van der Waals surface area contributed by atoms with Crippen molar-refractivity contribution in [1.29, 1.82) is 0 Å².